The van der Waals surface area contributed by atoms with Crippen LogP contribution in [0.1, 0.15) is 11.1 Å². The van der Waals surface area contributed by atoms with Crippen molar-refractivity contribution in [2.45, 2.75) is 13.5 Å². The molecule has 2 aromatic carbocycles. The fourth-order valence-corrected chi connectivity index (χ4v) is 3.21. The normalized spacial score (nSPS) is 10.8. The molecule has 3 aromatic rings. The summed E-state index contributed by atoms with van der Waals surface area (Å²) < 4.78 is 2.36. The van der Waals surface area contributed by atoms with E-state index in [0.29, 0.717) is 0 Å². The van der Waals surface area contributed by atoms with Gasteiger partial charge in [-0.1, -0.05) is 34.1 Å². The number of pyridine rings is 1. The average Bonchev–Trinajstić information content (AvgIpc) is 2.50. The highest BCUT2D eigenvalue weighted by atomic mass is 127. The lowest BCUT2D eigenvalue weighted by Gasteiger charge is -2.11. The van der Waals surface area contributed by atoms with Gasteiger partial charge >= 0.3 is 0 Å². The van der Waals surface area contributed by atoms with Gasteiger partial charge in [0.05, 0.1) is 5.52 Å². The van der Waals surface area contributed by atoms with Crippen LogP contribution in [-0.4, -0.2) is 4.98 Å². The Balaban J connectivity index is 1.88. The number of rotatable bonds is 3. The van der Waals surface area contributed by atoms with E-state index in [0.717, 1.165) is 27.6 Å². The molecule has 0 aliphatic heterocycles. The maximum absolute atomic E-state index is 4.51. The molecule has 0 spiro atoms. The van der Waals surface area contributed by atoms with Crippen molar-refractivity contribution in [1.82, 2.24) is 4.98 Å². The zero-order valence-corrected chi connectivity index (χ0v) is 15.3. The third kappa shape index (κ3) is 3.21. The quantitative estimate of drug-likeness (QED) is 0.529. The molecule has 106 valence electrons. The molecular weight excluding hydrogens is 439 g/mol. The lowest BCUT2D eigenvalue weighted by atomic mass is 10.1. The highest BCUT2D eigenvalue weighted by molar-refractivity contribution is 14.1. The van der Waals surface area contributed by atoms with E-state index in [1.54, 1.807) is 0 Å². The van der Waals surface area contributed by atoms with Gasteiger partial charge in [0.2, 0.25) is 0 Å². The molecule has 0 aliphatic rings. The smallest absolute Gasteiger partial charge is 0.0763 e. The van der Waals surface area contributed by atoms with Gasteiger partial charge in [-0.25, -0.2) is 0 Å². The van der Waals surface area contributed by atoms with Gasteiger partial charge in [-0.3, -0.25) is 4.98 Å². The SMILES string of the molecule is Cc1ccc(NCc2ccc(Br)c3cccnc23)cc1I. The van der Waals surface area contributed by atoms with E-state index in [1.165, 1.54) is 14.7 Å². The summed E-state index contributed by atoms with van der Waals surface area (Å²) >= 11 is 5.95. The van der Waals surface area contributed by atoms with Crippen LogP contribution in [0.15, 0.2) is 53.1 Å². The number of benzene rings is 2. The number of hydrogen-bond donors (Lipinski definition) is 1. The molecule has 1 aromatic heterocycles. The first-order valence-corrected chi connectivity index (χ1v) is 8.54. The molecule has 0 unspecified atom stereocenters. The van der Waals surface area contributed by atoms with Gasteiger partial charge in [0.1, 0.15) is 0 Å². The topological polar surface area (TPSA) is 24.9 Å². The van der Waals surface area contributed by atoms with Crippen LogP contribution in [0.4, 0.5) is 5.69 Å². The van der Waals surface area contributed by atoms with Crippen LogP contribution >= 0.6 is 38.5 Å². The fraction of sp³-hybridized carbons (Fsp3) is 0.118. The minimum Gasteiger partial charge on any atom is -0.381 e. The fourth-order valence-electron chi connectivity index (χ4n) is 2.24. The summed E-state index contributed by atoms with van der Waals surface area (Å²) in [6.45, 7) is 2.89. The van der Waals surface area contributed by atoms with Gasteiger partial charge in [-0.15, -0.1) is 0 Å². The Kier molecular flexibility index (Phi) is 4.45. The van der Waals surface area contributed by atoms with Crippen LogP contribution in [0.25, 0.3) is 10.9 Å². The number of aryl methyl sites for hydroxylation is 1. The van der Waals surface area contributed by atoms with Crippen LogP contribution in [0.2, 0.25) is 0 Å². The Morgan fingerprint density at radius 2 is 2.05 bits per heavy atom. The van der Waals surface area contributed by atoms with Crippen molar-refractivity contribution in [1.29, 1.82) is 0 Å². The molecule has 0 bridgehead atoms. The maximum Gasteiger partial charge on any atom is 0.0763 e. The summed E-state index contributed by atoms with van der Waals surface area (Å²) in [5.41, 5.74) is 4.68. The van der Waals surface area contributed by atoms with E-state index in [9.17, 15) is 0 Å². The lowest BCUT2D eigenvalue weighted by molar-refractivity contribution is 1.15. The Labute approximate surface area is 146 Å². The molecule has 0 aliphatic carbocycles. The monoisotopic (exact) mass is 452 g/mol. The van der Waals surface area contributed by atoms with Crippen LogP contribution in [0.3, 0.4) is 0 Å². The van der Waals surface area contributed by atoms with Gasteiger partial charge in [-0.05, 0) is 64.9 Å². The van der Waals surface area contributed by atoms with Crippen molar-refractivity contribution in [2.24, 2.45) is 0 Å². The second kappa shape index (κ2) is 6.32. The molecule has 4 heteroatoms. The molecule has 0 amide bonds. The number of aromatic nitrogens is 1. The summed E-state index contributed by atoms with van der Waals surface area (Å²) in [5, 5.41) is 4.63. The number of hydrogen-bond acceptors (Lipinski definition) is 2. The summed E-state index contributed by atoms with van der Waals surface area (Å²) in [6.07, 6.45) is 1.84. The van der Waals surface area contributed by atoms with Gasteiger partial charge in [0.25, 0.3) is 0 Å². The molecule has 0 atom stereocenters. The summed E-state index contributed by atoms with van der Waals surface area (Å²) in [7, 11) is 0. The van der Waals surface area contributed by atoms with Crippen molar-refractivity contribution >= 4 is 55.1 Å². The van der Waals surface area contributed by atoms with E-state index in [1.807, 2.05) is 12.3 Å². The first-order valence-electron chi connectivity index (χ1n) is 6.67. The minimum atomic E-state index is 0.764. The van der Waals surface area contributed by atoms with E-state index < -0.39 is 0 Å². The van der Waals surface area contributed by atoms with Crippen molar-refractivity contribution < 1.29 is 0 Å². The molecule has 0 fully saturated rings. The van der Waals surface area contributed by atoms with E-state index in [4.69, 9.17) is 0 Å². The minimum absolute atomic E-state index is 0.764. The third-order valence-corrected chi connectivity index (χ3v) is 5.31. The van der Waals surface area contributed by atoms with Crippen molar-refractivity contribution in [3.8, 4) is 0 Å². The Morgan fingerprint density at radius 1 is 1.19 bits per heavy atom. The van der Waals surface area contributed by atoms with Crippen LogP contribution in [0.5, 0.6) is 0 Å². The number of fused-ring (bicyclic) bond motifs is 1. The first kappa shape index (κ1) is 14.8. The molecular formula is C17H14BrIN2. The second-order valence-corrected chi connectivity index (χ2v) is 6.94. The van der Waals surface area contributed by atoms with Crippen molar-refractivity contribution in [2.75, 3.05) is 5.32 Å². The zero-order chi connectivity index (χ0) is 14.8. The Morgan fingerprint density at radius 3 is 2.86 bits per heavy atom. The Bertz CT molecular complexity index is 802. The predicted molar refractivity (Wildman–Crippen MR) is 101 cm³/mol. The average molecular weight is 453 g/mol. The number of anilines is 1. The predicted octanol–water partition coefficient (Wildman–Crippen LogP) is 5.52. The zero-order valence-electron chi connectivity index (χ0n) is 11.5. The second-order valence-electron chi connectivity index (χ2n) is 4.92. The number of nitrogens with zero attached hydrogens (tertiary/aromatic N) is 1. The van der Waals surface area contributed by atoms with Gasteiger partial charge in [-0.2, -0.15) is 0 Å². The molecule has 0 saturated heterocycles. The molecule has 0 saturated carbocycles. The lowest BCUT2D eigenvalue weighted by Crippen LogP contribution is -2.01. The van der Waals surface area contributed by atoms with Gasteiger partial charge in [0, 0.05) is 31.9 Å². The van der Waals surface area contributed by atoms with Gasteiger partial charge < -0.3 is 5.32 Å². The number of halogens is 2. The molecule has 1 heterocycles. The molecule has 21 heavy (non-hydrogen) atoms. The Hall–Kier alpha value is -1.14. The molecule has 1 N–H and O–H groups in total. The van der Waals surface area contributed by atoms with E-state index in [-0.39, 0.29) is 0 Å². The largest absolute Gasteiger partial charge is 0.381 e. The summed E-state index contributed by atoms with van der Waals surface area (Å²) in [4.78, 5) is 4.51. The molecule has 3 rings (SSSR count). The maximum atomic E-state index is 4.51. The van der Waals surface area contributed by atoms with Crippen LogP contribution in [-0.2, 0) is 6.54 Å². The van der Waals surface area contributed by atoms with Crippen LogP contribution < -0.4 is 5.32 Å². The van der Waals surface area contributed by atoms with E-state index in [2.05, 4.69) is 92.1 Å². The summed E-state index contributed by atoms with van der Waals surface area (Å²) in [5.74, 6) is 0. The molecule has 0 radical (unpaired) electrons. The highest BCUT2D eigenvalue weighted by Gasteiger charge is 2.05. The van der Waals surface area contributed by atoms with E-state index >= 15 is 0 Å². The highest BCUT2D eigenvalue weighted by Crippen LogP contribution is 2.26. The number of nitrogens with one attached hydrogen (secondary N) is 1. The molecule has 2 nitrogen and oxygen atoms in total. The van der Waals surface area contributed by atoms with Crippen molar-refractivity contribution in [3.63, 3.8) is 0 Å². The first-order chi connectivity index (χ1) is 10.1. The van der Waals surface area contributed by atoms with Crippen LogP contribution in [0, 0.1) is 10.5 Å². The van der Waals surface area contributed by atoms with Gasteiger partial charge in [0.15, 0.2) is 0 Å². The summed E-state index contributed by atoms with van der Waals surface area (Å²) in [6, 6.07) is 14.7. The third-order valence-electron chi connectivity index (χ3n) is 3.45. The van der Waals surface area contributed by atoms with Crippen molar-refractivity contribution in [3.05, 3.63) is 67.8 Å². The standard InChI is InChI=1S/C17H14BrIN2/c1-11-4-6-13(9-16(11)19)21-10-12-5-7-15(18)14-3-2-8-20-17(12)14/h2-9,21H,10H2,1H3.